The van der Waals surface area contributed by atoms with Crippen molar-refractivity contribution in [2.75, 3.05) is 13.1 Å². The number of ether oxygens (including phenoxy) is 1. The maximum Gasteiger partial charge on any atom is 0.326 e. The number of likely N-dealkylation sites (tertiary alicyclic amines) is 2. The van der Waals surface area contributed by atoms with Gasteiger partial charge in [-0.05, 0) is 114 Å². The Morgan fingerprint density at radius 1 is 1.09 bits per heavy atom. The smallest absolute Gasteiger partial charge is 0.326 e. The van der Waals surface area contributed by atoms with E-state index in [1.807, 2.05) is 18.7 Å². The standard InChI is InChI=1S/C26H38N4O3/c1-24(2,29-5-3-4-6-29)23(32)33-26-12-16-7-17(13-26)11-25(10-16,15-26)21(28)22(31)30-19(14-27)8-18-9-20(18)30/h16-21H,3-13,15,28H2,1-2H3/t16?,17?,18-,19+,20+,21-,25?,26?/m1/s1. The summed E-state index contributed by atoms with van der Waals surface area (Å²) in [6.45, 7) is 5.88. The van der Waals surface area contributed by atoms with E-state index < -0.39 is 17.2 Å². The zero-order valence-corrected chi connectivity index (χ0v) is 20.1. The largest absolute Gasteiger partial charge is 0.458 e. The van der Waals surface area contributed by atoms with E-state index in [0.717, 1.165) is 70.9 Å². The summed E-state index contributed by atoms with van der Waals surface area (Å²) in [5.41, 5.74) is 5.39. The summed E-state index contributed by atoms with van der Waals surface area (Å²) in [6.07, 6.45) is 9.64. The van der Waals surface area contributed by atoms with Crippen LogP contribution in [0.15, 0.2) is 0 Å². The van der Waals surface area contributed by atoms with Crippen LogP contribution in [-0.4, -0.2) is 64.0 Å². The molecule has 6 atom stereocenters. The van der Waals surface area contributed by atoms with Gasteiger partial charge in [-0.25, -0.2) is 0 Å². The molecule has 1 amide bonds. The molecule has 2 heterocycles. The highest BCUT2D eigenvalue weighted by atomic mass is 16.6. The topological polar surface area (TPSA) is 99.7 Å². The van der Waals surface area contributed by atoms with Gasteiger partial charge in [0.15, 0.2) is 0 Å². The SMILES string of the molecule is CC(C)(C(=O)OC12CC3CC(C1)CC([C@H](N)C(=O)N1[C@H](C#N)C[C@@H]4C[C@@H]41)(C3)C2)N1CCCC1. The van der Waals surface area contributed by atoms with Crippen LogP contribution in [0, 0.1) is 34.5 Å². The first kappa shape index (κ1) is 21.9. The lowest BCUT2D eigenvalue weighted by atomic mass is 9.46. The zero-order valence-electron chi connectivity index (χ0n) is 20.1. The summed E-state index contributed by atoms with van der Waals surface area (Å²) in [5.74, 6) is 1.26. The minimum atomic E-state index is -0.624. The Morgan fingerprint density at radius 3 is 2.39 bits per heavy atom. The van der Waals surface area contributed by atoms with E-state index in [2.05, 4.69) is 11.0 Å². The van der Waals surface area contributed by atoms with Crippen LogP contribution >= 0.6 is 0 Å². The van der Waals surface area contributed by atoms with Crippen molar-refractivity contribution >= 4 is 11.9 Å². The molecule has 0 radical (unpaired) electrons. The van der Waals surface area contributed by atoms with Gasteiger partial charge < -0.3 is 15.4 Å². The second-order valence-electron chi connectivity index (χ2n) is 12.8. The fourth-order valence-electron chi connectivity index (χ4n) is 8.77. The van der Waals surface area contributed by atoms with Crippen LogP contribution in [0.3, 0.4) is 0 Å². The maximum atomic E-state index is 13.7. The second-order valence-corrected chi connectivity index (χ2v) is 12.8. The van der Waals surface area contributed by atoms with Crippen molar-refractivity contribution in [1.29, 1.82) is 5.26 Å². The molecule has 5 aliphatic carbocycles. The minimum absolute atomic E-state index is 0.0348. The van der Waals surface area contributed by atoms with E-state index in [0.29, 0.717) is 24.2 Å². The number of nitriles is 1. The van der Waals surface area contributed by atoms with Crippen molar-refractivity contribution in [1.82, 2.24) is 9.80 Å². The van der Waals surface area contributed by atoms with Crippen molar-refractivity contribution in [3.8, 4) is 6.07 Å². The Hall–Kier alpha value is -1.65. The minimum Gasteiger partial charge on any atom is -0.458 e. The molecule has 33 heavy (non-hydrogen) atoms. The summed E-state index contributed by atoms with van der Waals surface area (Å²) in [4.78, 5) is 31.2. The molecule has 7 heteroatoms. The molecule has 0 aromatic carbocycles. The summed E-state index contributed by atoms with van der Waals surface area (Å²) < 4.78 is 6.47. The fourth-order valence-corrected chi connectivity index (χ4v) is 8.77. The fraction of sp³-hybridized carbons (Fsp3) is 0.885. The number of amides is 1. The number of nitrogens with two attached hydrogens (primary N) is 1. The molecule has 7 nitrogen and oxygen atoms in total. The Morgan fingerprint density at radius 2 is 1.76 bits per heavy atom. The first-order valence-electron chi connectivity index (χ1n) is 13.1. The Kier molecular flexibility index (Phi) is 4.75. The summed E-state index contributed by atoms with van der Waals surface area (Å²) in [7, 11) is 0. The third-order valence-corrected chi connectivity index (χ3v) is 10.2. The highest BCUT2D eigenvalue weighted by molar-refractivity contribution is 5.85. The van der Waals surface area contributed by atoms with E-state index in [4.69, 9.17) is 10.5 Å². The van der Waals surface area contributed by atoms with Crippen molar-refractivity contribution in [3.63, 3.8) is 0 Å². The molecule has 2 unspecified atom stereocenters. The third kappa shape index (κ3) is 3.27. The predicted molar refractivity (Wildman–Crippen MR) is 122 cm³/mol. The van der Waals surface area contributed by atoms with Crippen LogP contribution in [-0.2, 0) is 14.3 Å². The zero-order chi connectivity index (χ0) is 23.2. The maximum absolute atomic E-state index is 13.7. The Bertz CT molecular complexity index is 890. The van der Waals surface area contributed by atoms with Gasteiger partial charge in [0.2, 0.25) is 5.91 Å². The molecule has 7 aliphatic rings. The molecular weight excluding hydrogens is 416 g/mol. The summed E-state index contributed by atoms with van der Waals surface area (Å²) in [6, 6.07) is 1.62. The Balaban J connectivity index is 1.23. The quantitative estimate of drug-likeness (QED) is 0.641. The van der Waals surface area contributed by atoms with E-state index in [1.165, 1.54) is 0 Å². The molecule has 7 rings (SSSR count). The molecule has 0 aromatic rings. The molecular formula is C26H38N4O3. The molecule has 2 N–H and O–H groups in total. The van der Waals surface area contributed by atoms with Gasteiger partial charge in [-0.15, -0.1) is 0 Å². The number of fused-ring (bicyclic) bond motifs is 1. The molecule has 180 valence electrons. The third-order valence-electron chi connectivity index (χ3n) is 10.2. The van der Waals surface area contributed by atoms with E-state index >= 15 is 0 Å². The lowest BCUT2D eigenvalue weighted by molar-refractivity contribution is -0.213. The van der Waals surface area contributed by atoms with Gasteiger partial charge in [-0.1, -0.05) is 0 Å². The number of esters is 1. The highest BCUT2D eigenvalue weighted by Crippen LogP contribution is 2.64. The lowest BCUT2D eigenvalue weighted by Crippen LogP contribution is -2.66. The van der Waals surface area contributed by atoms with E-state index in [1.54, 1.807) is 0 Å². The number of piperidine rings is 1. The lowest BCUT2D eigenvalue weighted by Gasteiger charge is -2.63. The second kappa shape index (κ2) is 7.18. The van der Waals surface area contributed by atoms with Crippen LogP contribution in [0.4, 0.5) is 0 Å². The number of hydrogen-bond acceptors (Lipinski definition) is 6. The normalized spacial score (nSPS) is 44.4. The van der Waals surface area contributed by atoms with E-state index in [9.17, 15) is 14.9 Å². The molecule has 2 aliphatic heterocycles. The van der Waals surface area contributed by atoms with Gasteiger partial charge in [-0.2, -0.15) is 5.26 Å². The highest BCUT2D eigenvalue weighted by Gasteiger charge is 2.64. The first-order chi connectivity index (χ1) is 15.7. The van der Waals surface area contributed by atoms with Crippen LogP contribution < -0.4 is 5.73 Å². The molecule has 7 fully saturated rings. The predicted octanol–water partition coefficient (Wildman–Crippen LogP) is 2.58. The van der Waals surface area contributed by atoms with E-state index in [-0.39, 0.29) is 29.4 Å². The van der Waals surface area contributed by atoms with Crippen LogP contribution in [0.25, 0.3) is 0 Å². The van der Waals surface area contributed by atoms with Crippen molar-refractivity contribution < 1.29 is 14.3 Å². The number of carbonyl (C=O) groups excluding carboxylic acids is 2. The van der Waals surface area contributed by atoms with Gasteiger partial charge in [0.05, 0.1) is 12.1 Å². The number of hydrogen-bond donors (Lipinski definition) is 1. The first-order valence-corrected chi connectivity index (χ1v) is 13.1. The van der Waals surface area contributed by atoms with Gasteiger partial charge in [0.1, 0.15) is 17.2 Å². The molecule has 0 spiro atoms. The van der Waals surface area contributed by atoms with Gasteiger partial charge in [0, 0.05) is 6.04 Å². The van der Waals surface area contributed by atoms with Gasteiger partial charge >= 0.3 is 5.97 Å². The van der Waals surface area contributed by atoms with Gasteiger partial charge in [0.25, 0.3) is 0 Å². The summed E-state index contributed by atoms with van der Waals surface area (Å²) in [5, 5.41) is 9.60. The van der Waals surface area contributed by atoms with Crippen LogP contribution in [0.1, 0.15) is 78.1 Å². The Labute approximate surface area is 197 Å². The number of rotatable bonds is 5. The van der Waals surface area contributed by atoms with Crippen LogP contribution in [0.2, 0.25) is 0 Å². The number of carbonyl (C=O) groups is 2. The van der Waals surface area contributed by atoms with Gasteiger partial charge in [-0.3, -0.25) is 14.5 Å². The molecule has 4 bridgehead atoms. The van der Waals surface area contributed by atoms with Crippen LogP contribution in [0.5, 0.6) is 0 Å². The van der Waals surface area contributed by atoms with Crippen molar-refractivity contribution in [2.24, 2.45) is 28.9 Å². The molecule has 5 saturated carbocycles. The molecule has 0 aromatic heterocycles. The monoisotopic (exact) mass is 454 g/mol. The average molecular weight is 455 g/mol. The van der Waals surface area contributed by atoms with Crippen molar-refractivity contribution in [2.45, 2.75) is 107 Å². The van der Waals surface area contributed by atoms with Crippen molar-refractivity contribution in [3.05, 3.63) is 0 Å². The molecule has 2 saturated heterocycles. The number of nitrogens with zero attached hydrogens (tertiary/aromatic N) is 3. The average Bonchev–Trinajstić information content (AvgIpc) is 3.15. The summed E-state index contributed by atoms with van der Waals surface area (Å²) >= 11 is 0.